The Kier molecular flexibility index (Phi) is 6.34. The van der Waals surface area contributed by atoms with Gasteiger partial charge in [-0.2, -0.15) is 0 Å². The molecule has 3 heterocycles. The first-order chi connectivity index (χ1) is 19.2. The number of rotatable bonds is 5. The van der Waals surface area contributed by atoms with E-state index in [1.54, 1.807) is 41.3 Å². The molecular formula is C29H26ClN5O5. The lowest BCUT2D eigenvalue weighted by atomic mass is 9.90. The average Bonchev–Trinajstić information content (AvgIpc) is 3.56. The number of aromatic nitrogens is 2. The number of likely N-dealkylation sites (tertiary alicyclic amines) is 1. The summed E-state index contributed by atoms with van der Waals surface area (Å²) in [6.07, 6.45) is -0.818. The molecule has 3 aromatic carbocycles. The number of hydrogen-bond acceptors (Lipinski definition) is 5. The van der Waals surface area contributed by atoms with Crippen LogP contribution >= 0.6 is 11.6 Å². The maximum Gasteiger partial charge on any atom is 0.412 e. The largest absolute Gasteiger partial charge is 0.465 e. The molecule has 0 radical (unpaired) electrons. The Labute approximate surface area is 234 Å². The number of benzene rings is 3. The summed E-state index contributed by atoms with van der Waals surface area (Å²) in [5.74, 6) is -0.326. The third-order valence-corrected chi connectivity index (χ3v) is 7.84. The van der Waals surface area contributed by atoms with Crippen LogP contribution in [0.15, 0.2) is 66.7 Å². The number of amides is 3. The molecule has 3 N–H and O–H groups in total. The van der Waals surface area contributed by atoms with Gasteiger partial charge in [0.1, 0.15) is 11.7 Å². The molecular weight excluding hydrogens is 534 g/mol. The van der Waals surface area contributed by atoms with Crippen LogP contribution in [0.1, 0.15) is 29.3 Å². The number of carbonyl (C=O) groups excluding carboxylic acids is 2. The van der Waals surface area contributed by atoms with Crippen LogP contribution in [-0.4, -0.2) is 58.2 Å². The Balaban J connectivity index is 1.34. The molecule has 0 aliphatic carbocycles. The van der Waals surface area contributed by atoms with Crippen molar-refractivity contribution in [1.29, 1.82) is 0 Å². The maximum atomic E-state index is 14.2. The van der Waals surface area contributed by atoms with Crippen LogP contribution < -0.4 is 10.2 Å². The van der Waals surface area contributed by atoms with E-state index in [9.17, 15) is 19.5 Å². The number of nitrogens with one attached hydrogen (secondary N) is 2. The van der Waals surface area contributed by atoms with Crippen LogP contribution in [0.2, 0.25) is 5.02 Å². The zero-order chi connectivity index (χ0) is 28.0. The van der Waals surface area contributed by atoms with Crippen LogP contribution in [0, 0.1) is 0 Å². The number of carboxylic acid groups (broad SMARTS) is 1. The molecule has 1 saturated heterocycles. The number of nitrogens with zero attached hydrogens (tertiary/aromatic N) is 3. The summed E-state index contributed by atoms with van der Waals surface area (Å²) < 4.78 is 5.82. The van der Waals surface area contributed by atoms with Gasteiger partial charge in [0.25, 0.3) is 0 Å². The average molecular weight is 560 g/mol. The first kappa shape index (κ1) is 25.7. The molecule has 0 bridgehead atoms. The van der Waals surface area contributed by atoms with Gasteiger partial charge in [0.2, 0.25) is 5.91 Å². The van der Waals surface area contributed by atoms with Crippen molar-refractivity contribution in [2.45, 2.75) is 24.4 Å². The smallest absolute Gasteiger partial charge is 0.412 e. The minimum atomic E-state index is -1.08. The number of halogens is 1. The Morgan fingerprint density at radius 1 is 1.18 bits per heavy atom. The van der Waals surface area contributed by atoms with Gasteiger partial charge in [-0.15, -0.1) is 0 Å². The lowest BCUT2D eigenvalue weighted by Gasteiger charge is -2.35. The molecule has 0 saturated carbocycles. The molecule has 204 valence electrons. The summed E-state index contributed by atoms with van der Waals surface area (Å²) in [4.78, 5) is 48.9. The van der Waals surface area contributed by atoms with E-state index in [0.29, 0.717) is 52.6 Å². The number of ether oxygens (including phenoxy) is 1. The van der Waals surface area contributed by atoms with E-state index in [-0.39, 0.29) is 12.5 Å². The van der Waals surface area contributed by atoms with E-state index in [2.05, 4.69) is 10.3 Å². The molecule has 3 amide bonds. The molecule has 4 aromatic rings. The fourth-order valence-electron chi connectivity index (χ4n) is 5.52. The molecule has 2 aliphatic rings. The first-order valence-electron chi connectivity index (χ1n) is 12.8. The van der Waals surface area contributed by atoms with Gasteiger partial charge in [-0.3, -0.25) is 15.0 Å². The second kappa shape index (κ2) is 9.87. The monoisotopic (exact) mass is 559 g/mol. The molecule has 1 aromatic heterocycles. The van der Waals surface area contributed by atoms with Crippen LogP contribution in [-0.2, 0) is 21.6 Å². The quantitative estimate of drug-likeness (QED) is 0.302. The summed E-state index contributed by atoms with van der Waals surface area (Å²) in [5.41, 5.74) is 3.06. The molecule has 6 rings (SSSR count). The van der Waals surface area contributed by atoms with Crippen molar-refractivity contribution in [2.75, 3.05) is 30.4 Å². The van der Waals surface area contributed by atoms with Gasteiger partial charge >= 0.3 is 12.2 Å². The van der Waals surface area contributed by atoms with Crippen LogP contribution in [0.3, 0.4) is 0 Å². The minimum absolute atomic E-state index is 0.152. The third-order valence-electron chi connectivity index (χ3n) is 7.61. The van der Waals surface area contributed by atoms with Crippen molar-refractivity contribution in [2.24, 2.45) is 0 Å². The van der Waals surface area contributed by atoms with E-state index >= 15 is 0 Å². The number of imidazole rings is 1. The fourth-order valence-corrected chi connectivity index (χ4v) is 5.69. The number of H-pyrrole nitrogens is 1. The van der Waals surface area contributed by atoms with E-state index in [1.165, 1.54) is 7.05 Å². The van der Waals surface area contributed by atoms with E-state index in [4.69, 9.17) is 21.3 Å². The summed E-state index contributed by atoms with van der Waals surface area (Å²) in [6.45, 7) is 0.572. The number of fused-ring (bicyclic) bond motifs is 3. The highest BCUT2D eigenvalue weighted by atomic mass is 35.5. The van der Waals surface area contributed by atoms with Crippen LogP contribution in [0.25, 0.3) is 11.0 Å². The van der Waals surface area contributed by atoms with Gasteiger partial charge in [-0.25, -0.2) is 14.6 Å². The van der Waals surface area contributed by atoms with Gasteiger partial charge in [0.05, 0.1) is 23.3 Å². The fraction of sp³-hybridized carbons (Fsp3) is 0.241. The maximum absolute atomic E-state index is 14.2. The molecule has 10 nitrogen and oxygen atoms in total. The highest BCUT2D eigenvalue weighted by molar-refractivity contribution is 6.30. The molecule has 1 spiro atoms. The Morgan fingerprint density at radius 3 is 2.75 bits per heavy atom. The Morgan fingerprint density at radius 2 is 1.98 bits per heavy atom. The summed E-state index contributed by atoms with van der Waals surface area (Å²) in [5, 5.41) is 12.6. The summed E-state index contributed by atoms with van der Waals surface area (Å²) in [7, 11) is 1.46. The predicted octanol–water partition coefficient (Wildman–Crippen LogP) is 5.35. The van der Waals surface area contributed by atoms with E-state index in [0.717, 1.165) is 16.0 Å². The first-order valence-corrected chi connectivity index (χ1v) is 13.2. The highest BCUT2D eigenvalue weighted by Gasteiger charge is 2.49. The minimum Gasteiger partial charge on any atom is -0.465 e. The zero-order valence-corrected chi connectivity index (χ0v) is 22.3. The van der Waals surface area contributed by atoms with Crippen LogP contribution in [0.4, 0.5) is 21.0 Å². The van der Waals surface area contributed by atoms with Gasteiger partial charge in [0.15, 0.2) is 5.60 Å². The molecule has 2 aliphatic heterocycles. The van der Waals surface area contributed by atoms with Crippen molar-refractivity contribution in [1.82, 2.24) is 14.9 Å². The zero-order valence-electron chi connectivity index (χ0n) is 21.6. The second-order valence-electron chi connectivity index (χ2n) is 10.1. The van der Waals surface area contributed by atoms with Crippen molar-refractivity contribution in [3.05, 3.63) is 88.7 Å². The van der Waals surface area contributed by atoms with Crippen molar-refractivity contribution >= 4 is 52.1 Å². The summed E-state index contributed by atoms with van der Waals surface area (Å²) in [6, 6.07) is 20.0. The molecule has 0 unspecified atom stereocenters. The van der Waals surface area contributed by atoms with Gasteiger partial charge in [-0.1, -0.05) is 41.9 Å². The normalized spacial score (nSPS) is 18.8. The van der Waals surface area contributed by atoms with Crippen molar-refractivity contribution in [3.8, 4) is 0 Å². The summed E-state index contributed by atoms with van der Waals surface area (Å²) >= 11 is 6.28. The van der Waals surface area contributed by atoms with Gasteiger partial charge in [0, 0.05) is 36.3 Å². The van der Waals surface area contributed by atoms with Gasteiger partial charge in [-0.05, 0) is 48.4 Å². The number of anilines is 2. The van der Waals surface area contributed by atoms with E-state index < -0.39 is 23.7 Å². The van der Waals surface area contributed by atoms with Crippen molar-refractivity contribution in [3.63, 3.8) is 0 Å². The predicted molar refractivity (Wildman–Crippen MR) is 150 cm³/mol. The van der Waals surface area contributed by atoms with Crippen LogP contribution in [0.5, 0.6) is 0 Å². The standard InChI is InChI=1S/C29H26ClN5O5/c1-34(28(38)39)19-8-10-23-24(15-19)32-25(31-23)20(13-17-5-3-2-4-6-17)26(36)35-12-11-29(16-35)21-14-18(30)7-9-22(21)33-27(37)40-29/h2-10,14-15,20H,11-13,16H2,1H3,(H,31,32)(H,33,37)(H,38,39)/t20-,29+/m1/s1. The molecule has 11 heteroatoms. The van der Waals surface area contributed by atoms with Crippen molar-refractivity contribution < 1.29 is 24.2 Å². The topological polar surface area (TPSA) is 128 Å². The lowest BCUT2D eigenvalue weighted by Crippen LogP contribution is -2.43. The number of aromatic amines is 1. The molecule has 2 atom stereocenters. The second-order valence-corrected chi connectivity index (χ2v) is 10.6. The Bertz CT molecular complexity index is 1640. The highest BCUT2D eigenvalue weighted by Crippen LogP contribution is 2.44. The Hall–Kier alpha value is -4.57. The van der Waals surface area contributed by atoms with Gasteiger partial charge < -0.3 is 19.7 Å². The molecule has 40 heavy (non-hydrogen) atoms. The lowest BCUT2D eigenvalue weighted by molar-refractivity contribution is -0.133. The van der Waals surface area contributed by atoms with E-state index in [1.807, 2.05) is 30.3 Å². The molecule has 1 fully saturated rings. The number of carbonyl (C=O) groups is 3. The third kappa shape index (κ3) is 4.60. The number of hydrogen-bond donors (Lipinski definition) is 3. The SMILES string of the molecule is CN(C(=O)O)c1ccc2nc([C@@H](Cc3ccccc3)C(=O)N3CC[C@@]4(C3)OC(=O)Nc3ccc(Cl)cc34)[nH]c2c1.